The summed E-state index contributed by atoms with van der Waals surface area (Å²) in [6, 6.07) is 17.2. The maximum Gasteiger partial charge on any atom is 0.371 e. The van der Waals surface area contributed by atoms with Gasteiger partial charge < -0.3 is 19.1 Å². The van der Waals surface area contributed by atoms with Crippen LogP contribution < -0.4 is 9.57 Å². The summed E-state index contributed by atoms with van der Waals surface area (Å²) in [5.41, 5.74) is 1.33. The van der Waals surface area contributed by atoms with Crippen molar-refractivity contribution < 1.29 is 33.5 Å². The lowest BCUT2D eigenvalue weighted by molar-refractivity contribution is -0.146. The van der Waals surface area contributed by atoms with E-state index >= 15 is 0 Å². The predicted molar refractivity (Wildman–Crippen MR) is 149 cm³/mol. The zero-order valence-corrected chi connectivity index (χ0v) is 23.1. The molecule has 2 atom stereocenters. The number of imide groups is 1. The fraction of sp³-hybridized carbons (Fsp3) is 0.333. The Bertz CT molecular complexity index is 1390. The van der Waals surface area contributed by atoms with Gasteiger partial charge >= 0.3 is 5.97 Å². The Morgan fingerprint density at radius 1 is 1.18 bits per heavy atom. The summed E-state index contributed by atoms with van der Waals surface area (Å²) in [7, 11) is 1.55. The van der Waals surface area contributed by atoms with Crippen LogP contribution >= 0.6 is 11.6 Å². The summed E-state index contributed by atoms with van der Waals surface area (Å²) in [4.78, 5) is 45.6. The van der Waals surface area contributed by atoms with E-state index in [-0.39, 0.29) is 24.6 Å². The van der Waals surface area contributed by atoms with E-state index in [0.717, 1.165) is 5.56 Å². The van der Waals surface area contributed by atoms with Crippen molar-refractivity contribution in [3.63, 3.8) is 0 Å². The molecule has 1 N–H and O–H groups in total. The molecule has 1 saturated heterocycles. The van der Waals surface area contributed by atoms with Crippen LogP contribution in [0, 0.1) is 5.92 Å². The van der Waals surface area contributed by atoms with Crippen LogP contribution in [0.15, 0.2) is 70.2 Å². The smallest absolute Gasteiger partial charge is 0.371 e. The van der Waals surface area contributed by atoms with E-state index < -0.39 is 23.7 Å². The van der Waals surface area contributed by atoms with E-state index in [1.54, 1.807) is 43.5 Å². The van der Waals surface area contributed by atoms with Crippen LogP contribution in [-0.4, -0.2) is 47.2 Å². The normalized spacial score (nSPS) is 17.4. The number of nitrogens with zero attached hydrogens (tertiary/aromatic N) is 2. The lowest BCUT2D eigenvalue weighted by Crippen LogP contribution is -2.42. The maximum absolute atomic E-state index is 13.8. The molecule has 1 aliphatic heterocycles. The number of ether oxygens (including phenoxy) is 1. The van der Waals surface area contributed by atoms with Crippen LogP contribution in [0.1, 0.15) is 60.4 Å². The van der Waals surface area contributed by atoms with Crippen molar-refractivity contribution in [3.8, 4) is 11.5 Å². The van der Waals surface area contributed by atoms with Gasteiger partial charge in [-0.3, -0.25) is 14.5 Å². The average molecular weight is 567 g/mol. The van der Waals surface area contributed by atoms with Crippen molar-refractivity contribution in [2.45, 2.75) is 44.9 Å². The summed E-state index contributed by atoms with van der Waals surface area (Å²) in [6.45, 7) is 1.86. The highest BCUT2D eigenvalue weighted by atomic mass is 35.5. The maximum atomic E-state index is 13.8. The Morgan fingerprint density at radius 2 is 1.95 bits per heavy atom. The largest absolute Gasteiger partial charge is 0.496 e. The van der Waals surface area contributed by atoms with Crippen LogP contribution in [0.3, 0.4) is 0 Å². The van der Waals surface area contributed by atoms with Crippen LogP contribution in [0.5, 0.6) is 11.5 Å². The van der Waals surface area contributed by atoms with Gasteiger partial charge in [0.25, 0.3) is 0 Å². The number of carboxylic acids is 1. The van der Waals surface area contributed by atoms with E-state index in [1.807, 2.05) is 25.1 Å². The molecule has 9 nitrogen and oxygen atoms in total. The molecule has 2 aromatic carbocycles. The van der Waals surface area contributed by atoms with Gasteiger partial charge in [0.15, 0.2) is 5.75 Å². The molecule has 10 heteroatoms. The van der Waals surface area contributed by atoms with Crippen molar-refractivity contribution in [1.29, 1.82) is 0 Å². The second-order valence-electron chi connectivity index (χ2n) is 9.59. The molecule has 0 aliphatic carbocycles. The van der Waals surface area contributed by atoms with Gasteiger partial charge in [-0.05, 0) is 73.7 Å². The number of aromatic carboxylic acids is 1. The van der Waals surface area contributed by atoms with Gasteiger partial charge in [-0.15, -0.1) is 0 Å². The van der Waals surface area contributed by atoms with Crippen molar-refractivity contribution in [2.75, 3.05) is 13.7 Å². The summed E-state index contributed by atoms with van der Waals surface area (Å²) in [5.74, 6) is -1.49. The number of carbonyl (C=O) groups excluding carboxylic acids is 2. The fourth-order valence-corrected chi connectivity index (χ4v) is 4.92. The first kappa shape index (κ1) is 28.9. The molecular formula is C30H31ClN2O7. The van der Waals surface area contributed by atoms with Crippen LogP contribution in [-0.2, 0) is 16.0 Å². The number of para-hydroxylation sites is 1. The molecule has 40 heavy (non-hydrogen) atoms. The Balaban J connectivity index is 1.60. The van der Waals surface area contributed by atoms with Gasteiger partial charge in [0.05, 0.1) is 19.4 Å². The van der Waals surface area contributed by atoms with Crippen molar-refractivity contribution >= 4 is 35.1 Å². The van der Waals surface area contributed by atoms with Crippen LogP contribution in [0.4, 0.5) is 0 Å². The summed E-state index contributed by atoms with van der Waals surface area (Å²) in [5, 5.41) is 14.0. The van der Waals surface area contributed by atoms with Crippen molar-refractivity contribution in [1.82, 2.24) is 4.90 Å². The summed E-state index contributed by atoms with van der Waals surface area (Å²) >= 11 is 6.23. The zero-order valence-electron chi connectivity index (χ0n) is 22.3. The third-order valence-corrected chi connectivity index (χ3v) is 7.16. The quantitative estimate of drug-likeness (QED) is 0.300. The number of oxime groups is 1. The highest BCUT2D eigenvalue weighted by molar-refractivity contribution is 6.30. The topological polar surface area (TPSA) is 119 Å². The van der Waals surface area contributed by atoms with Gasteiger partial charge in [-0.2, -0.15) is 0 Å². The molecule has 210 valence electrons. The van der Waals surface area contributed by atoms with E-state index in [1.165, 1.54) is 11.0 Å². The van der Waals surface area contributed by atoms with Gasteiger partial charge in [-0.1, -0.05) is 41.9 Å². The highest BCUT2D eigenvalue weighted by Crippen LogP contribution is 2.31. The van der Waals surface area contributed by atoms with Crippen LogP contribution in [0.2, 0.25) is 5.02 Å². The van der Waals surface area contributed by atoms with E-state index in [9.17, 15) is 19.5 Å². The number of likely N-dealkylation sites (tertiary alicyclic amines) is 1. The number of hydrogen-bond acceptors (Lipinski definition) is 7. The molecule has 0 spiro atoms. The molecule has 3 aromatic rings. The Labute approximate surface area is 237 Å². The third-order valence-electron chi connectivity index (χ3n) is 6.92. The Morgan fingerprint density at radius 3 is 2.62 bits per heavy atom. The Kier molecular flexibility index (Phi) is 9.60. The molecule has 0 bridgehead atoms. The van der Waals surface area contributed by atoms with Crippen molar-refractivity contribution in [3.05, 3.63) is 82.8 Å². The standard InChI is InChI=1S/C30H31ClN2O7/c1-3-19(26-13-14-27(39-26)30(36)37)17-28(34)33-18-23(32-40-24-7-5-4-6-8-24)11-9-20(29(33)35)15-21-16-22(31)10-12-25(21)38-2/h4-8,10,12-14,16,19-20H,3,9,11,15,17-18H2,1-2H3,(H,36,37)/b32-23+/t19-,20?/m0/s1. The Hall–Kier alpha value is -4.11. The third kappa shape index (κ3) is 7.09. The molecule has 1 unspecified atom stereocenters. The fourth-order valence-electron chi connectivity index (χ4n) is 4.72. The van der Waals surface area contributed by atoms with E-state index in [2.05, 4.69) is 5.16 Å². The van der Waals surface area contributed by atoms with Gasteiger partial charge in [0, 0.05) is 23.3 Å². The first-order chi connectivity index (χ1) is 19.3. The number of furan rings is 1. The second-order valence-corrected chi connectivity index (χ2v) is 10.0. The number of amides is 2. The molecule has 2 heterocycles. The van der Waals surface area contributed by atoms with Gasteiger partial charge in [0.2, 0.25) is 17.6 Å². The monoisotopic (exact) mass is 566 g/mol. The van der Waals surface area contributed by atoms with Gasteiger partial charge in [0.1, 0.15) is 11.5 Å². The molecule has 1 aromatic heterocycles. The minimum atomic E-state index is -1.19. The lowest BCUT2D eigenvalue weighted by atomic mass is 9.93. The molecule has 1 aliphatic rings. The number of hydrogen-bond donors (Lipinski definition) is 1. The van der Waals surface area contributed by atoms with Crippen LogP contribution in [0.25, 0.3) is 0 Å². The SMILES string of the molecule is CC[C@@H](CC(=O)N1C/C(=N/Oc2ccccc2)CCC(Cc2cc(Cl)ccc2OC)C1=O)c1ccc(C(=O)O)o1. The number of carbonyl (C=O) groups is 3. The predicted octanol–water partition coefficient (Wildman–Crippen LogP) is 5.97. The second kappa shape index (κ2) is 13.3. The van der Waals surface area contributed by atoms with E-state index in [4.69, 9.17) is 25.6 Å². The summed E-state index contributed by atoms with van der Waals surface area (Å²) in [6.07, 6.45) is 1.72. The minimum absolute atomic E-state index is 0.0113. The minimum Gasteiger partial charge on any atom is -0.496 e. The number of carboxylic acid groups (broad SMARTS) is 1. The molecule has 4 rings (SSSR count). The first-order valence-electron chi connectivity index (χ1n) is 13.1. The number of halogens is 1. The highest BCUT2D eigenvalue weighted by Gasteiger charge is 2.35. The van der Waals surface area contributed by atoms with E-state index in [0.29, 0.717) is 53.7 Å². The molecule has 0 radical (unpaired) electrons. The molecule has 0 saturated carbocycles. The average Bonchev–Trinajstić information content (AvgIpc) is 3.40. The number of benzene rings is 2. The van der Waals surface area contributed by atoms with Crippen molar-refractivity contribution in [2.24, 2.45) is 11.1 Å². The molecular weight excluding hydrogens is 536 g/mol. The lowest BCUT2D eigenvalue weighted by Gasteiger charge is -2.24. The molecule has 1 fully saturated rings. The first-order valence-corrected chi connectivity index (χ1v) is 13.4. The zero-order chi connectivity index (χ0) is 28.6. The molecule has 2 amide bonds. The number of rotatable bonds is 10. The number of methoxy groups -OCH3 is 1. The van der Waals surface area contributed by atoms with Gasteiger partial charge in [-0.25, -0.2) is 4.79 Å². The summed E-state index contributed by atoms with van der Waals surface area (Å²) < 4.78 is 10.9.